The molecule has 2 aromatic rings. The van der Waals surface area contributed by atoms with Gasteiger partial charge in [0, 0.05) is 36.9 Å². The molecule has 0 bridgehead atoms. The molecular formula is C15H14ClIN2O2. The molecule has 1 amide bonds. The van der Waals surface area contributed by atoms with Crippen LogP contribution in [0.15, 0.2) is 40.8 Å². The summed E-state index contributed by atoms with van der Waals surface area (Å²) in [6, 6.07) is 11.3. The van der Waals surface area contributed by atoms with Gasteiger partial charge in [0.15, 0.2) is 9.53 Å². The van der Waals surface area contributed by atoms with Crippen LogP contribution in [-0.4, -0.2) is 37.0 Å². The van der Waals surface area contributed by atoms with Crippen molar-refractivity contribution in [3.63, 3.8) is 0 Å². The molecule has 6 heteroatoms. The molecule has 2 heterocycles. The Morgan fingerprint density at radius 2 is 1.90 bits per heavy atom. The smallest absolute Gasteiger partial charge is 0.289 e. The summed E-state index contributed by atoms with van der Waals surface area (Å²) in [4.78, 5) is 16.4. The van der Waals surface area contributed by atoms with Crippen molar-refractivity contribution in [1.82, 2.24) is 4.90 Å². The van der Waals surface area contributed by atoms with Crippen LogP contribution in [0.25, 0.3) is 0 Å². The summed E-state index contributed by atoms with van der Waals surface area (Å²) in [5, 5.41) is 0.733. The Kier molecular flexibility index (Phi) is 4.40. The van der Waals surface area contributed by atoms with E-state index in [4.69, 9.17) is 16.0 Å². The maximum atomic E-state index is 12.3. The quantitative estimate of drug-likeness (QED) is 0.703. The molecule has 1 aliphatic heterocycles. The Hall–Kier alpha value is -1.21. The van der Waals surface area contributed by atoms with Crippen molar-refractivity contribution < 1.29 is 9.21 Å². The predicted octanol–water partition coefficient (Wildman–Crippen LogP) is 3.50. The van der Waals surface area contributed by atoms with Crippen molar-refractivity contribution in [3.05, 3.63) is 50.9 Å². The molecule has 3 rings (SSSR count). The number of rotatable bonds is 2. The molecule has 1 aromatic heterocycles. The van der Waals surface area contributed by atoms with Gasteiger partial charge in [0.25, 0.3) is 5.91 Å². The van der Waals surface area contributed by atoms with Gasteiger partial charge in [-0.25, -0.2) is 0 Å². The highest BCUT2D eigenvalue weighted by Gasteiger charge is 2.24. The van der Waals surface area contributed by atoms with Crippen LogP contribution in [0.2, 0.25) is 5.02 Å². The topological polar surface area (TPSA) is 36.7 Å². The molecule has 0 saturated carbocycles. The van der Waals surface area contributed by atoms with Crippen LogP contribution in [0.4, 0.5) is 5.69 Å². The van der Waals surface area contributed by atoms with Crippen LogP contribution in [0.1, 0.15) is 10.6 Å². The van der Waals surface area contributed by atoms with E-state index in [-0.39, 0.29) is 5.91 Å². The fraction of sp³-hybridized carbons (Fsp3) is 0.267. The monoisotopic (exact) mass is 416 g/mol. The van der Waals surface area contributed by atoms with Crippen LogP contribution in [-0.2, 0) is 0 Å². The lowest BCUT2D eigenvalue weighted by atomic mass is 10.2. The van der Waals surface area contributed by atoms with Gasteiger partial charge in [0.1, 0.15) is 0 Å². The Morgan fingerprint density at radius 1 is 1.14 bits per heavy atom. The number of carbonyl (C=O) groups excluding carboxylic acids is 1. The highest BCUT2D eigenvalue weighted by atomic mass is 127. The van der Waals surface area contributed by atoms with Crippen LogP contribution in [0, 0.1) is 3.77 Å². The molecular weight excluding hydrogens is 403 g/mol. The van der Waals surface area contributed by atoms with Gasteiger partial charge >= 0.3 is 0 Å². The SMILES string of the molecule is O=C(c1ccc(I)o1)N1CCN(c2cccc(Cl)c2)CC1. The van der Waals surface area contributed by atoms with Gasteiger partial charge in [-0.05, 0) is 52.9 Å². The van der Waals surface area contributed by atoms with Gasteiger partial charge in [0.05, 0.1) is 0 Å². The molecule has 1 saturated heterocycles. The van der Waals surface area contributed by atoms with Gasteiger partial charge in [-0.3, -0.25) is 4.79 Å². The van der Waals surface area contributed by atoms with Gasteiger partial charge in [0.2, 0.25) is 0 Å². The van der Waals surface area contributed by atoms with E-state index in [2.05, 4.69) is 27.5 Å². The molecule has 1 fully saturated rings. The average Bonchev–Trinajstić information content (AvgIpc) is 2.93. The largest absolute Gasteiger partial charge is 0.445 e. The lowest BCUT2D eigenvalue weighted by Gasteiger charge is -2.35. The molecule has 1 aromatic carbocycles. The fourth-order valence-corrected chi connectivity index (χ4v) is 3.03. The molecule has 110 valence electrons. The van der Waals surface area contributed by atoms with Gasteiger partial charge in [-0.1, -0.05) is 17.7 Å². The average molecular weight is 417 g/mol. The number of carbonyl (C=O) groups is 1. The normalized spacial score (nSPS) is 15.3. The van der Waals surface area contributed by atoms with Crippen molar-refractivity contribution >= 4 is 45.8 Å². The zero-order chi connectivity index (χ0) is 14.8. The molecule has 0 spiro atoms. The Bertz CT molecular complexity index is 651. The van der Waals surface area contributed by atoms with Crippen molar-refractivity contribution in [3.8, 4) is 0 Å². The first-order valence-corrected chi connectivity index (χ1v) is 8.14. The molecule has 0 unspecified atom stereocenters. The maximum Gasteiger partial charge on any atom is 0.289 e. The van der Waals surface area contributed by atoms with Crippen molar-refractivity contribution in [2.45, 2.75) is 0 Å². The number of hydrogen-bond donors (Lipinski definition) is 0. The number of amides is 1. The summed E-state index contributed by atoms with van der Waals surface area (Å²) in [5.74, 6) is 0.374. The van der Waals surface area contributed by atoms with E-state index in [9.17, 15) is 4.79 Å². The summed E-state index contributed by atoms with van der Waals surface area (Å²) < 4.78 is 6.12. The third-order valence-electron chi connectivity index (χ3n) is 3.52. The van der Waals surface area contributed by atoms with Crippen molar-refractivity contribution in [1.29, 1.82) is 0 Å². The molecule has 1 aliphatic rings. The van der Waals surface area contributed by atoms with E-state index < -0.39 is 0 Å². The third-order valence-corrected chi connectivity index (χ3v) is 4.34. The van der Waals surface area contributed by atoms with E-state index in [1.165, 1.54) is 0 Å². The Morgan fingerprint density at radius 3 is 2.52 bits per heavy atom. The van der Waals surface area contributed by atoms with Gasteiger partial charge < -0.3 is 14.2 Å². The van der Waals surface area contributed by atoms with Gasteiger partial charge in [-0.2, -0.15) is 0 Å². The van der Waals surface area contributed by atoms with E-state index in [0.717, 1.165) is 27.6 Å². The minimum Gasteiger partial charge on any atom is -0.445 e. The third kappa shape index (κ3) is 3.35. The minimum absolute atomic E-state index is 0.0383. The van der Waals surface area contributed by atoms with E-state index in [0.29, 0.717) is 18.8 Å². The molecule has 0 radical (unpaired) electrons. The van der Waals surface area contributed by atoms with Crippen LogP contribution in [0.3, 0.4) is 0 Å². The highest BCUT2D eigenvalue weighted by Crippen LogP contribution is 2.21. The predicted molar refractivity (Wildman–Crippen MR) is 91.0 cm³/mol. The number of benzene rings is 1. The molecule has 0 N–H and O–H groups in total. The second-order valence-electron chi connectivity index (χ2n) is 4.86. The Balaban J connectivity index is 1.64. The number of hydrogen-bond acceptors (Lipinski definition) is 3. The highest BCUT2D eigenvalue weighted by molar-refractivity contribution is 14.1. The van der Waals surface area contributed by atoms with Crippen LogP contribution in [0.5, 0.6) is 0 Å². The molecule has 0 aliphatic carbocycles. The number of piperazine rings is 1. The second-order valence-corrected chi connectivity index (χ2v) is 6.36. The summed E-state index contributed by atoms with van der Waals surface area (Å²) in [5.41, 5.74) is 1.10. The molecule has 21 heavy (non-hydrogen) atoms. The maximum absolute atomic E-state index is 12.3. The summed E-state index contributed by atoms with van der Waals surface area (Å²) in [7, 11) is 0. The lowest BCUT2D eigenvalue weighted by molar-refractivity contribution is 0.0713. The minimum atomic E-state index is -0.0383. The standard InChI is InChI=1S/C15H14ClIN2O2/c16-11-2-1-3-12(10-11)18-6-8-19(9-7-18)15(20)13-4-5-14(17)21-13/h1-5,10H,6-9H2. The number of nitrogens with zero attached hydrogens (tertiary/aromatic N) is 2. The first-order valence-electron chi connectivity index (χ1n) is 6.68. The van der Waals surface area contributed by atoms with Crippen LogP contribution < -0.4 is 4.90 Å². The Labute approximate surface area is 141 Å². The van der Waals surface area contributed by atoms with E-state index >= 15 is 0 Å². The summed E-state index contributed by atoms with van der Waals surface area (Å²) in [6.07, 6.45) is 0. The van der Waals surface area contributed by atoms with Crippen LogP contribution >= 0.6 is 34.2 Å². The molecule has 4 nitrogen and oxygen atoms in total. The van der Waals surface area contributed by atoms with Crippen molar-refractivity contribution in [2.75, 3.05) is 31.1 Å². The number of furan rings is 1. The van der Waals surface area contributed by atoms with E-state index in [1.807, 2.05) is 29.2 Å². The zero-order valence-corrected chi connectivity index (χ0v) is 14.2. The summed E-state index contributed by atoms with van der Waals surface area (Å²) in [6.45, 7) is 2.96. The van der Waals surface area contributed by atoms with E-state index in [1.54, 1.807) is 12.1 Å². The van der Waals surface area contributed by atoms with Gasteiger partial charge in [-0.15, -0.1) is 0 Å². The first kappa shape index (κ1) is 14.7. The number of anilines is 1. The fourth-order valence-electron chi connectivity index (χ4n) is 2.43. The number of halogens is 2. The van der Waals surface area contributed by atoms with Crippen molar-refractivity contribution in [2.24, 2.45) is 0 Å². The zero-order valence-electron chi connectivity index (χ0n) is 11.3. The second kappa shape index (κ2) is 6.27. The molecule has 0 atom stereocenters. The summed E-state index contributed by atoms with van der Waals surface area (Å²) >= 11 is 8.08. The lowest BCUT2D eigenvalue weighted by Crippen LogP contribution is -2.48. The first-order chi connectivity index (χ1) is 10.1.